The Labute approximate surface area is 72.1 Å². The van der Waals surface area contributed by atoms with Crippen molar-refractivity contribution in [2.75, 3.05) is 0 Å². The van der Waals surface area contributed by atoms with Gasteiger partial charge in [-0.3, -0.25) is 9.59 Å². The van der Waals surface area contributed by atoms with Crippen LogP contribution < -0.4 is 0 Å². The minimum Gasteiger partial charge on any atom is -0.462 e. The van der Waals surface area contributed by atoms with E-state index in [1.807, 2.05) is 0 Å². The molecule has 1 atom stereocenters. The highest BCUT2D eigenvalue weighted by molar-refractivity contribution is 5.98. The SMILES string of the molecule is CCC(=O)C(C)C(=O)OC1CC1. The van der Waals surface area contributed by atoms with E-state index in [9.17, 15) is 9.59 Å². The monoisotopic (exact) mass is 170 g/mol. The molecule has 3 heteroatoms. The smallest absolute Gasteiger partial charge is 0.316 e. The molecule has 0 saturated heterocycles. The molecular formula is C9H14O3. The Kier molecular flexibility index (Phi) is 2.84. The molecule has 1 rings (SSSR count). The molecule has 1 saturated carbocycles. The van der Waals surface area contributed by atoms with Gasteiger partial charge in [0.05, 0.1) is 0 Å². The highest BCUT2D eigenvalue weighted by atomic mass is 16.5. The lowest BCUT2D eigenvalue weighted by atomic mass is 10.1. The van der Waals surface area contributed by atoms with Gasteiger partial charge in [0.2, 0.25) is 0 Å². The second-order valence-corrected chi connectivity index (χ2v) is 3.18. The molecule has 0 N–H and O–H groups in total. The number of carbonyl (C=O) groups excluding carboxylic acids is 2. The highest BCUT2D eigenvalue weighted by Crippen LogP contribution is 2.24. The Morgan fingerprint density at radius 3 is 2.50 bits per heavy atom. The fourth-order valence-corrected chi connectivity index (χ4v) is 0.890. The molecule has 1 aliphatic carbocycles. The lowest BCUT2D eigenvalue weighted by Gasteiger charge is -2.07. The summed E-state index contributed by atoms with van der Waals surface area (Å²) in [5, 5.41) is 0. The van der Waals surface area contributed by atoms with Gasteiger partial charge in [0.1, 0.15) is 17.8 Å². The van der Waals surface area contributed by atoms with Crippen LogP contribution in [-0.4, -0.2) is 17.9 Å². The fourth-order valence-electron chi connectivity index (χ4n) is 0.890. The van der Waals surface area contributed by atoms with Crippen LogP contribution in [0, 0.1) is 5.92 Å². The summed E-state index contributed by atoms with van der Waals surface area (Å²) in [6, 6.07) is 0. The van der Waals surface area contributed by atoms with Crippen LogP contribution in [0.25, 0.3) is 0 Å². The fraction of sp³-hybridized carbons (Fsp3) is 0.778. The molecule has 12 heavy (non-hydrogen) atoms. The van der Waals surface area contributed by atoms with Gasteiger partial charge in [-0.15, -0.1) is 0 Å². The van der Waals surface area contributed by atoms with E-state index in [4.69, 9.17) is 4.74 Å². The van der Waals surface area contributed by atoms with Crippen LogP contribution in [0.4, 0.5) is 0 Å². The van der Waals surface area contributed by atoms with Crippen molar-refractivity contribution in [3.8, 4) is 0 Å². The summed E-state index contributed by atoms with van der Waals surface area (Å²) in [5.74, 6) is -0.972. The zero-order valence-corrected chi connectivity index (χ0v) is 7.50. The molecule has 0 heterocycles. The predicted molar refractivity (Wildman–Crippen MR) is 43.6 cm³/mol. The average molecular weight is 170 g/mol. The van der Waals surface area contributed by atoms with E-state index < -0.39 is 5.92 Å². The van der Waals surface area contributed by atoms with E-state index in [0.29, 0.717) is 6.42 Å². The third-order valence-electron chi connectivity index (χ3n) is 1.99. The van der Waals surface area contributed by atoms with Gasteiger partial charge in [-0.1, -0.05) is 6.92 Å². The molecule has 0 aromatic heterocycles. The molecule has 0 aliphatic heterocycles. The van der Waals surface area contributed by atoms with Crippen molar-refractivity contribution in [3.63, 3.8) is 0 Å². The van der Waals surface area contributed by atoms with Crippen molar-refractivity contribution in [2.24, 2.45) is 5.92 Å². The average Bonchev–Trinajstić information content (AvgIpc) is 2.85. The lowest BCUT2D eigenvalue weighted by molar-refractivity contribution is -0.152. The molecule has 1 unspecified atom stereocenters. The first-order chi connectivity index (χ1) is 5.65. The van der Waals surface area contributed by atoms with Crippen LogP contribution in [0.15, 0.2) is 0 Å². The second kappa shape index (κ2) is 3.70. The Morgan fingerprint density at radius 1 is 1.50 bits per heavy atom. The molecule has 68 valence electrons. The largest absolute Gasteiger partial charge is 0.462 e. The second-order valence-electron chi connectivity index (χ2n) is 3.18. The van der Waals surface area contributed by atoms with Gasteiger partial charge in [0.25, 0.3) is 0 Å². The third-order valence-corrected chi connectivity index (χ3v) is 1.99. The molecule has 0 spiro atoms. The van der Waals surface area contributed by atoms with Gasteiger partial charge in [-0.05, 0) is 19.8 Å². The van der Waals surface area contributed by atoms with Crippen LogP contribution in [0.1, 0.15) is 33.1 Å². The molecular weight excluding hydrogens is 156 g/mol. The normalized spacial score (nSPS) is 18.5. The zero-order valence-electron chi connectivity index (χ0n) is 7.50. The maximum atomic E-state index is 11.2. The van der Waals surface area contributed by atoms with Crippen molar-refractivity contribution in [1.82, 2.24) is 0 Å². The number of hydrogen-bond acceptors (Lipinski definition) is 3. The standard InChI is InChI=1S/C9H14O3/c1-3-8(10)6(2)9(11)12-7-4-5-7/h6-7H,3-5H2,1-2H3. The van der Waals surface area contributed by atoms with E-state index >= 15 is 0 Å². The van der Waals surface area contributed by atoms with Crippen molar-refractivity contribution in [3.05, 3.63) is 0 Å². The van der Waals surface area contributed by atoms with E-state index in [2.05, 4.69) is 0 Å². The van der Waals surface area contributed by atoms with Gasteiger partial charge >= 0.3 is 5.97 Å². The first kappa shape index (κ1) is 9.23. The van der Waals surface area contributed by atoms with E-state index in [0.717, 1.165) is 12.8 Å². The maximum absolute atomic E-state index is 11.2. The van der Waals surface area contributed by atoms with Gasteiger partial charge in [-0.25, -0.2) is 0 Å². The number of carbonyl (C=O) groups is 2. The quantitative estimate of drug-likeness (QED) is 0.472. The van der Waals surface area contributed by atoms with E-state index in [-0.39, 0.29) is 17.9 Å². The highest BCUT2D eigenvalue weighted by Gasteiger charge is 2.30. The molecule has 0 amide bonds. The van der Waals surface area contributed by atoms with Crippen molar-refractivity contribution in [2.45, 2.75) is 39.2 Å². The summed E-state index contributed by atoms with van der Waals surface area (Å²) in [5.41, 5.74) is 0. The van der Waals surface area contributed by atoms with Crippen LogP contribution in [0.3, 0.4) is 0 Å². The molecule has 3 nitrogen and oxygen atoms in total. The Morgan fingerprint density at radius 2 is 2.08 bits per heavy atom. The third kappa shape index (κ3) is 2.32. The molecule has 1 aliphatic rings. The van der Waals surface area contributed by atoms with Gasteiger partial charge in [-0.2, -0.15) is 0 Å². The molecule has 1 fully saturated rings. The van der Waals surface area contributed by atoms with Crippen LogP contribution >= 0.6 is 0 Å². The van der Waals surface area contributed by atoms with Gasteiger partial charge in [0.15, 0.2) is 0 Å². The predicted octanol–water partition coefficient (Wildman–Crippen LogP) is 1.31. The minimum atomic E-state index is -0.574. The summed E-state index contributed by atoms with van der Waals surface area (Å²) >= 11 is 0. The van der Waals surface area contributed by atoms with Crippen LogP contribution in [0.2, 0.25) is 0 Å². The molecule has 0 aromatic carbocycles. The number of esters is 1. The number of hydrogen-bond donors (Lipinski definition) is 0. The number of Topliss-reactive ketones (excluding diaryl/α,β-unsaturated/α-hetero) is 1. The summed E-state index contributed by atoms with van der Waals surface area (Å²) in [7, 11) is 0. The van der Waals surface area contributed by atoms with Crippen LogP contribution in [0.5, 0.6) is 0 Å². The summed E-state index contributed by atoms with van der Waals surface area (Å²) in [6.45, 7) is 3.36. The maximum Gasteiger partial charge on any atom is 0.316 e. The first-order valence-electron chi connectivity index (χ1n) is 4.38. The summed E-state index contributed by atoms with van der Waals surface area (Å²) < 4.78 is 4.99. The number of rotatable bonds is 4. The summed E-state index contributed by atoms with van der Waals surface area (Å²) in [6.07, 6.45) is 2.42. The Hall–Kier alpha value is -0.860. The van der Waals surface area contributed by atoms with E-state index in [1.165, 1.54) is 0 Å². The topological polar surface area (TPSA) is 43.4 Å². The van der Waals surface area contributed by atoms with E-state index in [1.54, 1.807) is 13.8 Å². The molecule has 0 aromatic rings. The zero-order chi connectivity index (χ0) is 9.14. The van der Waals surface area contributed by atoms with Gasteiger partial charge in [0, 0.05) is 6.42 Å². The summed E-state index contributed by atoms with van der Waals surface area (Å²) in [4.78, 5) is 22.2. The number of ether oxygens (including phenoxy) is 1. The first-order valence-corrected chi connectivity index (χ1v) is 4.38. The van der Waals surface area contributed by atoms with Crippen molar-refractivity contribution in [1.29, 1.82) is 0 Å². The molecule has 0 radical (unpaired) electrons. The number of ketones is 1. The van der Waals surface area contributed by atoms with Gasteiger partial charge < -0.3 is 4.74 Å². The molecule has 0 bridgehead atoms. The van der Waals surface area contributed by atoms with Crippen molar-refractivity contribution >= 4 is 11.8 Å². The Bertz CT molecular complexity index is 194. The van der Waals surface area contributed by atoms with Crippen LogP contribution in [-0.2, 0) is 14.3 Å². The van der Waals surface area contributed by atoms with Crippen molar-refractivity contribution < 1.29 is 14.3 Å². The Balaban J connectivity index is 2.33. The lowest BCUT2D eigenvalue weighted by Crippen LogP contribution is -2.23. The minimum absolute atomic E-state index is 0.0411.